The van der Waals surface area contributed by atoms with Crippen molar-refractivity contribution >= 4 is 61.0 Å². The van der Waals surface area contributed by atoms with E-state index in [9.17, 15) is 38.4 Å². The van der Waals surface area contributed by atoms with Gasteiger partial charge in [0.25, 0.3) is 11.8 Å². The van der Waals surface area contributed by atoms with Gasteiger partial charge in [0.1, 0.15) is 24.2 Å². The van der Waals surface area contributed by atoms with Gasteiger partial charge in [0.15, 0.2) is 0 Å². The lowest BCUT2D eigenvalue weighted by Gasteiger charge is -2.36. The first kappa shape index (κ1) is 58.0. The molecule has 4 aromatic carbocycles. The van der Waals surface area contributed by atoms with Crippen molar-refractivity contribution in [3.63, 3.8) is 0 Å². The largest absolute Gasteiger partial charge is 0.348 e. The third kappa shape index (κ3) is 14.0. The van der Waals surface area contributed by atoms with Crippen molar-refractivity contribution < 1.29 is 38.4 Å². The summed E-state index contributed by atoms with van der Waals surface area (Å²) >= 11 is 0. The smallest absolute Gasteiger partial charge is 0.255 e. The van der Waals surface area contributed by atoms with Crippen LogP contribution in [0, 0.1) is 5.41 Å². The van der Waals surface area contributed by atoms with Crippen LogP contribution in [0.25, 0.3) is 0 Å². The van der Waals surface area contributed by atoms with E-state index >= 15 is 0 Å². The number of anilines is 1. The first-order chi connectivity index (χ1) is 37.6. The summed E-state index contributed by atoms with van der Waals surface area (Å²) in [5.74, 6) is -2.71. The molecule has 4 aromatic rings. The van der Waals surface area contributed by atoms with E-state index in [-0.39, 0.29) is 73.0 Å². The van der Waals surface area contributed by atoms with E-state index in [1.165, 1.54) is 16.0 Å². The van der Waals surface area contributed by atoms with Gasteiger partial charge in [0, 0.05) is 48.4 Å². The number of hydrogen-bond acceptors (Lipinski definition) is 9. The number of fused-ring (bicyclic) bond motifs is 2. The number of likely N-dealkylation sites (N-methyl/N-ethyl adjacent to an activating group) is 1. The van der Waals surface area contributed by atoms with Crippen molar-refractivity contribution in [3.05, 3.63) is 136 Å². The molecule has 0 bridgehead atoms. The van der Waals surface area contributed by atoms with E-state index < -0.39 is 67.5 Å². The van der Waals surface area contributed by atoms with Crippen molar-refractivity contribution in [2.45, 2.75) is 160 Å². The zero-order valence-corrected chi connectivity index (χ0v) is 48.0. The number of rotatable bonds is 17. The second kappa shape index (κ2) is 24.9. The fraction of sp³-hybridized carbons (Fsp3) is 0.475. The first-order valence-corrected chi connectivity index (χ1v) is 31.5. The quantitative estimate of drug-likeness (QED) is 0.0610. The molecule has 4 aliphatic rings. The number of aryl methyl sites for hydroxylation is 2. The van der Waals surface area contributed by atoms with Gasteiger partial charge in [-0.25, -0.2) is 0 Å². The maximum Gasteiger partial charge on any atom is 0.255 e. The molecule has 8 rings (SSSR count). The molecular weight excluding hydrogens is 1010 g/mol. The summed E-state index contributed by atoms with van der Waals surface area (Å²) in [4.78, 5) is 114. The molecule has 2 aliphatic heterocycles. The van der Waals surface area contributed by atoms with Crippen LogP contribution >= 0.6 is 0 Å². The molecule has 7 N–H and O–H groups in total. The van der Waals surface area contributed by atoms with Crippen molar-refractivity contribution in [3.8, 4) is 0 Å². The monoisotopic (exact) mass is 1090 g/mol. The topological polar surface area (TPSA) is 227 Å². The van der Waals surface area contributed by atoms with Crippen LogP contribution in [0.5, 0.6) is 0 Å². The van der Waals surface area contributed by atoms with E-state index in [2.05, 4.69) is 68.5 Å². The molecule has 2 fully saturated rings. The standard InChI is InChI=1S/C61H79N9O8Si/c1-9-52(71)65-49(59(77)70-36-79(7,8)35-51(70)58(76)67-48-23-15-19-40-17-11-13-21-46(40)48)32-38-24-30-43(31-25-38)63-55(73)41-26-28-42(29-27-41)56(74)64-44-33-50(57(75)66-47-22-14-18-39-16-10-12-20-45(39)47)69(34-44)60(78)53(61(3,4)5)68-54(72)37(2)62-6/h10-13,16-17,20-21,24-31,37,44,47-51,53,62H,9,14-15,18-19,22-23,32-36H2,1-8H3,(H,63,73)(H,64,74)(H,65,71)(H,66,75)(H,67,76)(H,68,72). The Bertz CT molecular complexity index is 2920. The molecule has 0 saturated carbocycles. The summed E-state index contributed by atoms with van der Waals surface area (Å²) in [5, 5.41) is 21.2. The van der Waals surface area contributed by atoms with Gasteiger partial charge in [-0.15, -0.1) is 0 Å². The predicted octanol–water partition coefficient (Wildman–Crippen LogP) is 6.06. The van der Waals surface area contributed by atoms with Crippen molar-refractivity contribution in [2.75, 3.05) is 25.1 Å². The Hall–Kier alpha value is -7.18. The molecule has 8 amide bonds. The maximum absolute atomic E-state index is 14.6. The average Bonchev–Trinajstić information content (AvgIpc) is 4.06. The van der Waals surface area contributed by atoms with Crippen LogP contribution < -0.4 is 37.2 Å². The minimum Gasteiger partial charge on any atom is -0.348 e. The van der Waals surface area contributed by atoms with Gasteiger partial charge in [-0.3, -0.25) is 38.4 Å². The Kier molecular flexibility index (Phi) is 18.3. The van der Waals surface area contributed by atoms with Crippen LogP contribution in [0.2, 0.25) is 19.1 Å². The summed E-state index contributed by atoms with van der Waals surface area (Å²) in [5.41, 5.74) is 5.66. The Morgan fingerprint density at radius 3 is 1.78 bits per heavy atom. The summed E-state index contributed by atoms with van der Waals surface area (Å²) in [6, 6.07) is 25.1. The fourth-order valence-corrected chi connectivity index (χ4v) is 14.5. The highest BCUT2D eigenvalue weighted by Gasteiger charge is 2.48. The van der Waals surface area contributed by atoms with E-state index in [0.29, 0.717) is 23.5 Å². The minimum atomic E-state index is -1.99. The van der Waals surface area contributed by atoms with Crippen LogP contribution in [0.3, 0.4) is 0 Å². The number of nitrogens with one attached hydrogen (secondary N) is 7. The Morgan fingerprint density at radius 2 is 1.23 bits per heavy atom. The highest BCUT2D eigenvalue weighted by Crippen LogP contribution is 2.34. The highest BCUT2D eigenvalue weighted by molar-refractivity contribution is 6.79. The lowest BCUT2D eigenvalue weighted by molar-refractivity contribution is -0.144. The van der Waals surface area contributed by atoms with E-state index in [1.807, 2.05) is 51.1 Å². The van der Waals surface area contributed by atoms with Crippen LogP contribution in [-0.4, -0.2) is 121 Å². The van der Waals surface area contributed by atoms with Gasteiger partial charge in [-0.05, 0) is 135 Å². The van der Waals surface area contributed by atoms with Gasteiger partial charge in [0.2, 0.25) is 35.4 Å². The molecule has 8 unspecified atom stereocenters. The number of nitrogens with zero attached hydrogens (tertiary/aromatic N) is 2. The normalized spacial score (nSPS) is 21.5. The maximum atomic E-state index is 14.6. The molecule has 0 spiro atoms. The fourth-order valence-electron chi connectivity index (χ4n) is 11.6. The Labute approximate surface area is 465 Å². The molecule has 420 valence electrons. The molecule has 0 aromatic heterocycles. The molecule has 17 nitrogen and oxygen atoms in total. The van der Waals surface area contributed by atoms with Gasteiger partial charge < -0.3 is 47.0 Å². The van der Waals surface area contributed by atoms with E-state index in [0.717, 1.165) is 55.2 Å². The molecule has 0 radical (unpaired) electrons. The number of likely N-dealkylation sites (tertiary alicyclic amines) is 1. The number of carbonyl (C=O) groups is 8. The van der Waals surface area contributed by atoms with Crippen molar-refractivity contribution in [2.24, 2.45) is 5.41 Å². The van der Waals surface area contributed by atoms with E-state index in [4.69, 9.17) is 0 Å². The second-order valence-corrected chi connectivity index (χ2v) is 28.8. The molecule has 2 heterocycles. The SMILES string of the molecule is CCC(=O)NC(Cc1ccc(NC(=O)c2ccc(C(=O)NC3CC(C(=O)NC4CCCc5ccccc54)N(C(=O)C(NC(=O)C(C)NC)C(C)(C)C)C3)cc2)cc1)C(=O)N1C[Si](C)(C)CC1C(=O)NC1CCCc2ccccc21. The van der Waals surface area contributed by atoms with Crippen molar-refractivity contribution in [1.82, 2.24) is 41.7 Å². The van der Waals surface area contributed by atoms with Gasteiger partial charge >= 0.3 is 0 Å². The van der Waals surface area contributed by atoms with Crippen LogP contribution in [0.4, 0.5) is 5.69 Å². The highest BCUT2D eigenvalue weighted by atomic mass is 28.3. The lowest BCUT2D eigenvalue weighted by atomic mass is 9.85. The van der Waals surface area contributed by atoms with Crippen LogP contribution in [-0.2, 0) is 48.0 Å². The third-order valence-corrected chi connectivity index (χ3v) is 18.8. The number of hydrogen-bond donors (Lipinski definition) is 7. The Morgan fingerprint density at radius 1 is 0.671 bits per heavy atom. The number of benzene rings is 4. The molecule has 79 heavy (non-hydrogen) atoms. The third-order valence-electron chi connectivity index (χ3n) is 16.1. The van der Waals surface area contributed by atoms with E-state index in [1.54, 1.807) is 74.3 Å². The van der Waals surface area contributed by atoms with Crippen LogP contribution in [0.15, 0.2) is 97.1 Å². The molecule has 8 atom stereocenters. The summed E-state index contributed by atoms with van der Waals surface area (Å²) < 4.78 is 0. The van der Waals surface area contributed by atoms with Gasteiger partial charge in [-0.2, -0.15) is 0 Å². The predicted molar refractivity (Wildman–Crippen MR) is 306 cm³/mol. The zero-order chi connectivity index (χ0) is 56.8. The summed E-state index contributed by atoms with van der Waals surface area (Å²) in [6.07, 6.45) is 6.33. The summed E-state index contributed by atoms with van der Waals surface area (Å²) in [7, 11) is -0.329. The van der Waals surface area contributed by atoms with Crippen molar-refractivity contribution in [1.29, 1.82) is 0 Å². The molecule has 2 aliphatic carbocycles. The van der Waals surface area contributed by atoms with Crippen LogP contribution in [0.1, 0.15) is 134 Å². The average molecular weight is 1090 g/mol. The minimum absolute atomic E-state index is 0.0332. The number of carbonyl (C=O) groups excluding carboxylic acids is 8. The molecule has 2 saturated heterocycles. The Balaban J connectivity index is 0.903. The number of amides is 8. The second-order valence-electron chi connectivity index (χ2n) is 23.8. The van der Waals surface area contributed by atoms with Gasteiger partial charge in [-0.1, -0.05) is 101 Å². The molecular formula is C61H79N9O8Si. The lowest BCUT2D eigenvalue weighted by Crippen LogP contribution is -2.59. The first-order valence-electron chi connectivity index (χ1n) is 28.1. The van der Waals surface area contributed by atoms with Gasteiger partial charge in [0.05, 0.1) is 26.2 Å². The molecule has 18 heteroatoms. The zero-order valence-electron chi connectivity index (χ0n) is 47.0. The summed E-state index contributed by atoms with van der Waals surface area (Å²) in [6.45, 7) is 13.4.